The van der Waals surface area contributed by atoms with Gasteiger partial charge in [-0.25, -0.2) is 0 Å². The van der Waals surface area contributed by atoms with Crippen LogP contribution in [0.1, 0.15) is 22.5 Å². The summed E-state index contributed by atoms with van der Waals surface area (Å²) in [7, 11) is 0. The van der Waals surface area contributed by atoms with E-state index in [1.165, 1.54) is 5.56 Å². The van der Waals surface area contributed by atoms with Crippen molar-refractivity contribution in [3.8, 4) is 0 Å². The van der Waals surface area contributed by atoms with E-state index < -0.39 is 0 Å². The molecule has 114 valence electrons. The lowest BCUT2D eigenvalue weighted by atomic mass is 10.0. The van der Waals surface area contributed by atoms with Crippen molar-refractivity contribution in [2.24, 2.45) is 0 Å². The number of carbonyl (C=O) groups excluding carboxylic acids is 1. The highest BCUT2D eigenvalue weighted by molar-refractivity contribution is 5.92. The molecule has 1 atom stereocenters. The molecule has 0 radical (unpaired) electrons. The van der Waals surface area contributed by atoms with Crippen molar-refractivity contribution >= 4 is 5.91 Å². The molecule has 2 aromatic rings. The number of aromatic nitrogens is 1. The van der Waals surface area contributed by atoms with E-state index in [0.717, 1.165) is 32.5 Å². The monoisotopic (exact) mass is 295 g/mol. The molecule has 1 aromatic heterocycles. The number of hydrogen-bond donors (Lipinski definition) is 1. The van der Waals surface area contributed by atoms with Crippen molar-refractivity contribution < 1.29 is 4.79 Å². The number of carbonyl (C=O) groups is 1. The molecule has 1 aliphatic heterocycles. The Kier molecular flexibility index (Phi) is 4.81. The van der Waals surface area contributed by atoms with Gasteiger partial charge in [0.1, 0.15) is 5.69 Å². The lowest BCUT2D eigenvalue weighted by Crippen LogP contribution is -2.45. The summed E-state index contributed by atoms with van der Waals surface area (Å²) in [4.78, 5) is 19.0. The second-order valence-electron chi connectivity index (χ2n) is 5.61. The maximum Gasteiger partial charge on any atom is 0.272 e. The third kappa shape index (κ3) is 3.52. The molecule has 0 aliphatic carbocycles. The lowest BCUT2D eigenvalue weighted by molar-refractivity contribution is 0.0686. The smallest absolute Gasteiger partial charge is 0.272 e. The lowest BCUT2D eigenvalue weighted by Gasteiger charge is -2.29. The molecule has 1 unspecified atom stereocenters. The fraction of sp³-hybridized carbons (Fsp3) is 0.333. The minimum absolute atomic E-state index is 0.0326. The maximum absolute atomic E-state index is 12.8. The number of nitrogens with zero attached hydrogens (tertiary/aromatic N) is 2. The van der Waals surface area contributed by atoms with Crippen molar-refractivity contribution in [2.75, 3.05) is 19.6 Å². The van der Waals surface area contributed by atoms with Gasteiger partial charge in [-0.1, -0.05) is 36.4 Å². The number of benzene rings is 1. The highest BCUT2D eigenvalue weighted by Crippen LogP contribution is 2.14. The highest BCUT2D eigenvalue weighted by atomic mass is 16.2. The molecule has 1 saturated heterocycles. The zero-order valence-corrected chi connectivity index (χ0v) is 12.6. The minimum atomic E-state index is 0.0326. The van der Waals surface area contributed by atoms with Crippen LogP contribution >= 0.6 is 0 Å². The SMILES string of the molecule is O=C(c1ccccn1)N1CCCNCC1Cc1ccccc1. The Morgan fingerprint density at radius 3 is 2.77 bits per heavy atom. The molecule has 4 nitrogen and oxygen atoms in total. The van der Waals surface area contributed by atoms with E-state index in [1.54, 1.807) is 12.3 Å². The van der Waals surface area contributed by atoms with Crippen molar-refractivity contribution in [3.63, 3.8) is 0 Å². The van der Waals surface area contributed by atoms with Crippen LogP contribution in [0.15, 0.2) is 54.7 Å². The molecule has 3 rings (SSSR count). The second kappa shape index (κ2) is 7.18. The fourth-order valence-electron chi connectivity index (χ4n) is 2.91. The summed E-state index contributed by atoms with van der Waals surface area (Å²) in [6.45, 7) is 2.56. The van der Waals surface area contributed by atoms with E-state index in [-0.39, 0.29) is 11.9 Å². The molecule has 0 saturated carbocycles. The van der Waals surface area contributed by atoms with E-state index in [9.17, 15) is 4.79 Å². The first-order valence-electron chi connectivity index (χ1n) is 7.81. The molecule has 0 spiro atoms. The van der Waals surface area contributed by atoms with Crippen molar-refractivity contribution in [1.29, 1.82) is 0 Å². The van der Waals surface area contributed by atoms with E-state index in [4.69, 9.17) is 0 Å². The molecule has 2 heterocycles. The predicted molar refractivity (Wildman–Crippen MR) is 86.7 cm³/mol. The predicted octanol–water partition coefficient (Wildman–Crippen LogP) is 2.13. The molecular weight excluding hydrogens is 274 g/mol. The summed E-state index contributed by atoms with van der Waals surface area (Å²) in [6, 6.07) is 16.0. The zero-order chi connectivity index (χ0) is 15.2. The number of hydrogen-bond acceptors (Lipinski definition) is 3. The Morgan fingerprint density at radius 1 is 1.18 bits per heavy atom. The van der Waals surface area contributed by atoms with Crippen molar-refractivity contribution in [3.05, 3.63) is 66.0 Å². The molecule has 4 heteroatoms. The van der Waals surface area contributed by atoms with Gasteiger partial charge < -0.3 is 10.2 Å². The fourth-order valence-corrected chi connectivity index (χ4v) is 2.91. The summed E-state index contributed by atoms with van der Waals surface area (Å²) in [5.74, 6) is 0.0326. The van der Waals surface area contributed by atoms with Crippen LogP contribution < -0.4 is 5.32 Å². The first kappa shape index (κ1) is 14.7. The first-order valence-corrected chi connectivity index (χ1v) is 7.81. The Labute approximate surface area is 131 Å². The quantitative estimate of drug-likeness (QED) is 0.943. The van der Waals surface area contributed by atoms with Gasteiger partial charge in [-0.2, -0.15) is 0 Å². The second-order valence-corrected chi connectivity index (χ2v) is 5.61. The maximum atomic E-state index is 12.8. The minimum Gasteiger partial charge on any atom is -0.333 e. The summed E-state index contributed by atoms with van der Waals surface area (Å²) >= 11 is 0. The van der Waals surface area contributed by atoms with Gasteiger partial charge in [-0.3, -0.25) is 9.78 Å². The van der Waals surface area contributed by atoms with Crippen LogP contribution in [0.4, 0.5) is 0 Å². The molecule has 0 bridgehead atoms. The zero-order valence-electron chi connectivity index (χ0n) is 12.6. The third-order valence-corrected chi connectivity index (χ3v) is 4.03. The average Bonchev–Trinajstić information content (AvgIpc) is 2.81. The van der Waals surface area contributed by atoms with Crippen LogP contribution in [0.2, 0.25) is 0 Å². The molecule has 1 N–H and O–H groups in total. The molecule has 1 fully saturated rings. The Bertz CT molecular complexity index is 600. The van der Waals surface area contributed by atoms with Gasteiger partial charge in [0.2, 0.25) is 0 Å². The van der Waals surface area contributed by atoms with Gasteiger partial charge in [0.15, 0.2) is 0 Å². The summed E-state index contributed by atoms with van der Waals surface area (Å²) < 4.78 is 0. The Balaban J connectivity index is 1.80. The number of pyridine rings is 1. The van der Waals surface area contributed by atoms with Crippen LogP contribution in [0.3, 0.4) is 0 Å². The van der Waals surface area contributed by atoms with Crippen LogP contribution in [0.5, 0.6) is 0 Å². The van der Waals surface area contributed by atoms with Gasteiger partial charge in [-0.05, 0) is 37.1 Å². The van der Waals surface area contributed by atoms with Gasteiger partial charge >= 0.3 is 0 Å². The van der Waals surface area contributed by atoms with Gasteiger partial charge in [-0.15, -0.1) is 0 Å². The highest BCUT2D eigenvalue weighted by Gasteiger charge is 2.26. The molecule has 22 heavy (non-hydrogen) atoms. The molecule has 1 aliphatic rings. The molecule has 1 aromatic carbocycles. The largest absolute Gasteiger partial charge is 0.333 e. The summed E-state index contributed by atoms with van der Waals surface area (Å²) in [5, 5.41) is 3.44. The average molecular weight is 295 g/mol. The van der Waals surface area contributed by atoms with Gasteiger partial charge in [0, 0.05) is 25.3 Å². The number of amides is 1. The Morgan fingerprint density at radius 2 is 2.00 bits per heavy atom. The van der Waals surface area contributed by atoms with E-state index in [2.05, 4.69) is 22.4 Å². The van der Waals surface area contributed by atoms with Gasteiger partial charge in [0.05, 0.1) is 0 Å². The van der Waals surface area contributed by atoms with E-state index >= 15 is 0 Å². The molecule has 1 amide bonds. The normalized spacial score (nSPS) is 18.7. The van der Waals surface area contributed by atoms with E-state index in [0.29, 0.717) is 5.69 Å². The van der Waals surface area contributed by atoms with Crippen LogP contribution in [0, 0.1) is 0 Å². The third-order valence-electron chi connectivity index (χ3n) is 4.03. The molecular formula is C18H21N3O. The number of rotatable bonds is 3. The van der Waals surface area contributed by atoms with Gasteiger partial charge in [0.25, 0.3) is 5.91 Å². The Hall–Kier alpha value is -2.20. The topological polar surface area (TPSA) is 45.2 Å². The first-order chi connectivity index (χ1) is 10.8. The number of nitrogens with one attached hydrogen (secondary N) is 1. The van der Waals surface area contributed by atoms with Crippen LogP contribution in [-0.2, 0) is 6.42 Å². The van der Waals surface area contributed by atoms with Crippen LogP contribution in [-0.4, -0.2) is 41.5 Å². The van der Waals surface area contributed by atoms with E-state index in [1.807, 2.05) is 35.2 Å². The van der Waals surface area contributed by atoms with Crippen LogP contribution in [0.25, 0.3) is 0 Å². The summed E-state index contributed by atoms with van der Waals surface area (Å²) in [6.07, 6.45) is 3.52. The standard InChI is InChI=1S/C18H21N3O/c22-18(17-9-4-5-11-20-17)21-12-6-10-19-14-16(21)13-15-7-2-1-3-8-15/h1-5,7-9,11,16,19H,6,10,12-14H2. The van der Waals surface area contributed by atoms with Crippen molar-refractivity contribution in [1.82, 2.24) is 15.2 Å². The van der Waals surface area contributed by atoms with Crippen molar-refractivity contribution in [2.45, 2.75) is 18.9 Å². The summed E-state index contributed by atoms with van der Waals surface area (Å²) in [5.41, 5.74) is 1.79.